The van der Waals surface area contributed by atoms with E-state index < -0.39 is 92.4 Å². The van der Waals surface area contributed by atoms with Crippen molar-refractivity contribution in [3.63, 3.8) is 0 Å². The summed E-state index contributed by atoms with van der Waals surface area (Å²) in [4.78, 5) is 20.9. The van der Waals surface area contributed by atoms with Crippen molar-refractivity contribution < 1.29 is 43.9 Å². The summed E-state index contributed by atoms with van der Waals surface area (Å²) >= 11 is 6.64. The molecule has 3 aliphatic rings. The Balaban J connectivity index is 1.41. The number of amides is 1. The molecule has 5 aromatic rings. The number of pyridine rings is 1. The molecule has 328 valence electrons. The molecule has 21 heteroatoms. The maximum Gasteiger partial charge on any atom is 0.435 e. The quantitative estimate of drug-likeness (QED) is 0.101. The predicted molar refractivity (Wildman–Crippen MR) is 216 cm³/mol. The van der Waals surface area contributed by atoms with Gasteiger partial charge in [-0.3, -0.25) is 19.5 Å². The van der Waals surface area contributed by atoms with Crippen LogP contribution in [0.5, 0.6) is 0 Å². The number of carbonyl (C=O) groups is 1. The summed E-state index contributed by atoms with van der Waals surface area (Å²) in [5.74, 6) is -5.68. The summed E-state index contributed by atoms with van der Waals surface area (Å²) in [5, 5.41) is 11.6. The number of primary amides is 1. The summed E-state index contributed by atoms with van der Waals surface area (Å²) in [6, 6.07) is 6.36. The number of anilines is 1. The van der Waals surface area contributed by atoms with E-state index in [1.165, 1.54) is 36.0 Å². The van der Waals surface area contributed by atoms with Crippen molar-refractivity contribution in [3.8, 4) is 23.0 Å². The summed E-state index contributed by atoms with van der Waals surface area (Å²) in [7, 11) is -0.458. The SMILES string of the molecule is CN1CC(NC(C)(C)C#Cc2ccc(-c3ccc(Cl)c4c(NS(C)(=O)=O)nn(C)c34)c([C@@H](Cc3cc(F)cc(F)c3)C(C(N)=O)n3nc(C(F)(F)F)c4c3C(F)(F)[C@@H]3C[C@H]43)n2)C1. The number of benzene rings is 2. The maximum atomic E-state index is 16.2. The zero-order chi connectivity index (χ0) is 45.0. The van der Waals surface area contributed by atoms with Crippen molar-refractivity contribution in [2.75, 3.05) is 31.1 Å². The summed E-state index contributed by atoms with van der Waals surface area (Å²) in [6.45, 7) is 5.23. The number of halogens is 8. The third-order valence-electron chi connectivity index (χ3n) is 11.4. The summed E-state index contributed by atoms with van der Waals surface area (Å²) < 4.78 is 135. The maximum absolute atomic E-state index is 16.2. The number of sulfonamides is 1. The number of likely N-dealkylation sites (N-methyl/N-ethyl adjacent to an activating group) is 1. The fraction of sp³-hybridized carbons (Fsp3) is 0.415. The molecule has 3 aromatic heterocycles. The Morgan fingerprint density at radius 3 is 2.32 bits per heavy atom. The third kappa shape index (κ3) is 7.99. The number of hydrogen-bond donors (Lipinski definition) is 3. The Hall–Kier alpha value is -5.23. The van der Waals surface area contributed by atoms with E-state index in [0.717, 1.165) is 31.5 Å². The molecule has 12 nitrogen and oxygen atoms in total. The van der Waals surface area contributed by atoms with E-state index in [1.807, 2.05) is 20.9 Å². The van der Waals surface area contributed by atoms with Gasteiger partial charge in [-0.15, -0.1) is 0 Å². The monoisotopic (exact) mass is 905 g/mol. The van der Waals surface area contributed by atoms with Crippen LogP contribution in [-0.4, -0.2) is 81.7 Å². The van der Waals surface area contributed by atoms with Crippen LogP contribution in [0.1, 0.15) is 72.0 Å². The van der Waals surface area contributed by atoms with E-state index in [9.17, 15) is 35.2 Å². The van der Waals surface area contributed by atoms with Gasteiger partial charge in [-0.1, -0.05) is 23.6 Å². The molecule has 4 N–H and O–H groups in total. The molecule has 4 heterocycles. The molecule has 1 aliphatic heterocycles. The standard InChI is InChI=1S/C41H39ClF7N9O3S/c1-39(2,52-23-17-56(3)18-23)11-10-22-6-7-24(25-8-9-29(42)31-33(25)57(4)54-38(31)55-62(5,60)61)32(51-22)27(14-19-12-20(43)15-21(44)13-19)34(37(50)59)58-36-30(35(53-58)41(47,48)49)26-16-28(26)40(36,45)46/h6-9,12-13,15,23,26-28,34,52H,14,16-18H2,1-5H3,(H2,50,59)(H,54,55)/t26-,27+,28+,34?/m0/s1. The van der Waals surface area contributed by atoms with E-state index in [1.54, 1.807) is 0 Å². The average Bonchev–Trinajstić information content (AvgIpc) is 3.66. The Morgan fingerprint density at radius 2 is 1.71 bits per heavy atom. The van der Waals surface area contributed by atoms with Crippen molar-refractivity contribution in [2.24, 2.45) is 18.7 Å². The van der Waals surface area contributed by atoms with Crippen LogP contribution in [0.2, 0.25) is 5.02 Å². The van der Waals surface area contributed by atoms with Gasteiger partial charge in [0.2, 0.25) is 15.9 Å². The lowest BCUT2D eigenvalue weighted by Crippen LogP contribution is -2.61. The van der Waals surface area contributed by atoms with Crippen LogP contribution < -0.4 is 15.8 Å². The molecule has 1 saturated heterocycles. The molecule has 0 bridgehead atoms. The summed E-state index contributed by atoms with van der Waals surface area (Å²) in [6.07, 6.45) is -5.14. The second-order valence-corrected chi connectivity index (χ2v) is 18.9. The molecule has 2 aliphatic carbocycles. The minimum Gasteiger partial charge on any atom is -0.368 e. The van der Waals surface area contributed by atoms with Crippen molar-refractivity contribution in [2.45, 2.75) is 68.2 Å². The first-order chi connectivity index (χ1) is 28.8. The van der Waals surface area contributed by atoms with Gasteiger partial charge in [-0.2, -0.15) is 32.1 Å². The van der Waals surface area contributed by atoms with Crippen LogP contribution in [0, 0.1) is 29.4 Å². The third-order valence-corrected chi connectivity index (χ3v) is 12.3. The molecule has 8 rings (SSSR count). The van der Waals surface area contributed by atoms with Gasteiger partial charge >= 0.3 is 6.18 Å². The Morgan fingerprint density at radius 1 is 1.05 bits per heavy atom. The van der Waals surface area contributed by atoms with Crippen molar-refractivity contribution in [1.29, 1.82) is 0 Å². The van der Waals surface area contributed by atoms with E-state index in [4.69, 9.17) is 22.3 Å². The lowest BCUT2D eigenvalue weighted by atomic mass is 9.84. The molecular weight excluding hydrogens is 867 g/mol. The lowest BCUT2D eigenvalue weighted by molar-refractivity contribution is -0.142. The Bertz CT molecular complexity index is 2830. The van der Waals surface area contributed by atoms with Crippen LogP contribution in [-0.2, 0) is 40.4 Å². The minimum absolute atomic E-state index is 0.0572. The first-order valence-corrected chi connectivity index (χ1v) is 21.6. The lowest BCUT2D eigenvalue weighted by Gasteiger charge is -2.40. The highest BCUT2D eigenvalue weighted by atomic mass is 35.5. The topological polar surface area (TPSA) is 153 Å². The Kier molecular flexibility index (Phi) is 10.5. The number of likely N-dealkylation sites (tertiary alicyclic amines) is 1. The van der Waals surface area contributed by atoms with E-state index in [-0.39, 0.29) is 62.3 Å². The van der Waals surface area contributed by atoms with Gasteiger partial charge in [0.05, 0.1) is 33.4 Å². The van der Waals surface area contributed by atoms with Gasteiger partial charge in [0.1, 0.15) is 29.1 Å². The first kappa shape index (κ1) is 43.4. The molecule has 1 amide bonds. The van der Waals surface area contributed by atoms with Gasteiger partial charge in [-0.25, -0.2) is 26.9 Å². The molecule has 1 unspecified atom stereocenters. The van der Waals surface area contributed by atoms with E-state index >= 15 is 8.78 Å². The van der Waals surface area contributed by atoms with Crippen molar-refractivity contribution >= 4 is 44.3 Å². The second-order valence-electron chi connectivity index (χ2n) is 16.8. The minimum atomic E-state index is -5.22. The molecule has 62 heavy (non-hydrogen) atoms. The van der Waals surface area contributed by atoms with E-state index in [0.29, 0.717) is 10.7 Å². The zero-order valence-corrected chi connectivity index (χ0v) is 35.2. The van der Waals surface area contributed by atoms with Crippen LogP contribution in [0.15, 0.2) is 42.5 Å². The fourth-order valence-corrected chi connectivity index (χ4v) is 9.65. The van der Waals surface area contributed by atoms with Gasteiger partial charge in [-0.05, 0) is 81.5 Å². The van der Waals surface area contributed by atoms with Gasteiger partial charge in [0, 0.05) is 60.8 Å². The molecule has 2 aromatic carbocycles. The number of fused-ring (bicyclic) bond motifs is 4. The zero-order valence-electron chi connectivity index (χ0n) is 33.7. The number of aryl methyl sites for hydroxylation is 1. The number of nitrogens with two attached hydrogens (primary N) is 1. The molecule has 1 saturated carbocycles. The Labute approximate surface area is 356 Å². The highest BCUT2D eigenvalue weighted by Crippen LogP contribution is 2.69. The molecule has 4 atom stereocenters. The number of alkyl halides is 5. The van der Waals surface area contributed by atoms with Crippen LogP contribution >= 0.6 is 11.6 Å². The fourth-order valence-electron chi connectivity index (χ4n) is 8.92. The number of nitrogens with one attached hydrogen (secondary N) is 2. The highest BCUT2D eigenvalue weighted by molar-refractivity contribution is 7.92. The molecule has 0 spiro atoms. The highest BCUT2D eigenvalue weighted by Gasteiger charge is 2.69. The predicted octanol–water partition coefficient (Wildman–Crippen LogP) is 6.45. The van der Waals surface area contributed by atoms with Crippen molar-refractivity contribution in [1.82, 2.24) is 34.8 Å². The first-order valence-electron chi connectivity index (χ1n) is 19.3. The van der Waals surface area contributed by atoms with Gasteiger partial charge in [0.25, 0.3) is 5.92 Å². The van der Waals surface area contributed by atoms with Crippen molar-refractivity contribution in [3.05, 3.63) is 93.0 Å². The number of rotatable bonds is 11. The number of aromatic nitrogens is 5. The second kappa shape index (κ2) is 15.0. The summed E-state index contributed by atoms with van der Waals surface area (Å²) in [5.41, 5.74) is 2.11. The molecular formula is C41H39ClF7N9O3S. The number of nitrogens with zero attached hydrogens (tertiary/aromatic N) is 6. The average molecular weight is 906 g/mol. The van der Waals surface area contributed by atoms with E-state index in [2.05, 4.69) is 37.0 Å². The molecule has 0 radical (unpaired) electrons. The smallest absolute Gasteiger partial charge is 0.368 e. The number of carbonyl (C=O) groups excluding carboxylic acids is 1. The van der Waals surface area contributed by atoms with Crippen LogP contribution in [0.3, 0.4) is 0 Å². The normalized spacial score (nSPS) is 19.6. The van der Waals surface area contributed by atoms with Crippen LogP contribution in [0.25, 0.3) is 22.0 Å². The van der Waals surface area contributed by atoms with Gasteiger partial charge in [0.15, 0.2) is 11.5 Å². The number of hydrogen-bond acceptors (Lipinski definition) is 8. The molecule has 2 fully saturated rings. The van der Waals surface area contributed by atoms with Crippen LogP contribution in [0.4, 0.5) is 36.6 Å². The van der Waals surface area contributed by atoms with Gasteiger partial charge < -0.3 is 10.6 Å². The largest absolute Gasteiger partial charge is 0.435 e.